The van der Waals surface area contributed by atoms with E-state index in [9.17, 15) is 9.90 Å². The lowest BCUT2D eigenvalue weighted by Gasteiger charge is -2.03. The van der Waals surface area contributed by atoms with Gasteiger partial charge in [0.2, 0.25) is 0 Å². The number of carbonyl (C=O) groups is 1. The highest BCUT2D eigenvalue weighted by Crippen LogP contribution is 2.11. The molecular weight excluding hydrogens is 178 g/mol. The molecule has 14 heavy (non-hydrogen) atoms. The van der Waals surface area contributed by atoms with Crippen molar-refractivity contribution in [1.82, 2.24) is 5.32 Å². The number of hydrogen-bond acceptors (Lipinski definition) is 1. The molecule has 0 unspecified atom stereocenters. The van der Waals surface area contributed by atoms with Crippen LogP contribution in [0.1, 0.15) is 30.1 Å². The molecule has 0 saturated heterocycles. The van der Waals surface area contributed by atoms with Crippen molar-refractivity contribution < 1.29 is 9.90 Å². The van der Waals surface area contributed by atoms with Crippen molar-refractivity contribution in [1.29, 1.82) is 0 Å². The quantitative estimate of drug-likeness (QED) is 0.731. The molecule has 3 nitrogen and oxygen atoms in total. The van der Waals surface area contributed by atoms with Crippen molar-refractivity contribution in [2.24, 2.45) is 0 Å². The molecule has 1 N–H and O–H groups in total. The summed E-state index contributed by atoms with van der Waals surface area (Å²) in [6.07, 6.45) is 2.00. The van der Waals surface area contributed by atoms with E-state index in [4.69, 9.17) is 0 Å². The first-order chi connectivity index (χ1) is 6.74. The van der Waals surface area contributed by atoms with Crippen molar-refractivity contribution in [3.05, 3.63) is 29.8 Å². The van der Waals surface area contributed by atoms with Crippen molar-refractivity contribution >= 4 is 5.91 Å². The standard InChI is InChI=1S/C11H14NO2/c1-2-3-7-12-11(14)9-5-4-6-10(13)8-9/h4-6,8H,2-3,7H2,1H3,(H,12,14). The van der Waals surface area contributed by atoms with E-state index in [1.165, 1.54) is 12.1 Å². The van der Waals surface area contributed by atoms with Gasteiger partial charge in [-0.15, -0.1) is 0 Å². The van der Waals surface area contributed by atoms with E-state index in [0.29, 0.717) is 12.1 Å². The zero-order valence-corrected chi connectivity index (χ0v) is 8.25. The summed E-state index contributed by atoms with van der Waals surface area (Å²) in [5.41, 5.74) is 0.439. The van der Waals surface area contributed by atoms with E-state index in [0.717, 1.165) is 12.8 Å². The highest BCUT2D eigenvalue weighted by atomic mass is 16.3. The van der Waals surface area contributed by atoms with Crippen LogP contribution in [-0.4, -0.2) is 12.5 Å². The minimum Gasteiger partial charge on any atom is -0.352 e. The molecule has 0 aromatic heterocycles. The molecule has 1 aromatic carbocycles. The van der Waals surface area contributed by atoms with E-state index in [2.05, 4.69) is 12.2 Å². The van der Waals surface area contributed by atoms with Crippen LogP contribution in [0.25, 0.3) is 0 Å². The number of carbonyl (C=O) groups excluding carboxylic acids is 1. The summed E-state index contributed by atoms with van der Waals surface area (Å²) in [6, 6.07) is 6.02. The molecule has 0 spiro atoms. The van der Waals surface area contributed by atoms with Crippen LogP contribution in [0.5, 0.6) is 5.75 Å². The molecule has 1 radical (unpaired) electrons. The number of nitrogens with one attached hydrogen (secondary N) is 1. The lowest BCUT2D eigenvalue weighted by molar-refractivity contribution is 0.0952. The van der Waals surface area contributed by atoms with Crippen LogP contribution in [0.2, 0.25) is 0 Å². The zero-order chi connectivity index (χ0) is 10.4. The number of amides is 1. The van der Waals surface area contributed by atoms with Crippen molar-refractivity contribution in [2.45, 2.75) is 19.8 Å². The predicted octanol–water partition coefficient (Wildman–Crippen LogP) is 2.36. The fourth-order valence-corrected chi connectivity index (χ4v) is 1.12. The predicted molar refractivity (Wildman–Crippen MR) is 53.8 cm³/mol. The molecule has 1 rings (SSSR count). The Hall–Kier alpha value is -1.51. The van der Waals surface area contributed by atoms with E-state index in [1.54, 1.807) is 12.1 Å². The lowest BCUT2D eigenvalue weighted by Crippen LogP contribution is -2.24. The summed E-state index contributed by atoms with van der Waals surface area (Å²) >= 11 is 0. The zero-order valence-electron chi connectivity index (χ0n) is 8.25. The Morgan fingerprint density at radius 2 is 2.21 bits per heavy atom. The molecule has 75 valence electrons. The van der Waals surface area contributed by atoms with Gasteiger partial charge in [-0.2, -0.15) is 0 Å². The van der Waals surface area contributed by atoms with Gasteiger partial charge in [0.15, 0.2) is 5.75 Å². The number of hydrogen-bond donors (Lipinski definition) is 1. The van der Waals surface area contributed by atoms with Gasteiger partial charge in [-0.3, -0.25) is 9.90 Å². The fraction of sp³-hybridized carbons (Fsp3) is 0.364. The second-order valence-electron chi connectivity index (χ2n) is 3.14. The molecule has 1 amide bonds. The number of unbranched alkanes of at least 4 members (excludes halogenated alkanes) is 1. The largest absolute Gasteiger partial charge is 0.352 e. The number of benzene rings is 1. The van der Waals surface area contributed by atoms with E-state index in [-0.39, 0.29) is 11.7 Å². The SMILES string of the molecule is CCCCNC(=O)c1cccc([O])c1. The second kappa shape index (κ2) is 5.27. The van der Waals surface area contributed by atoms with Gasteiger partial charge in [-0.1, -0.05) is 19.4 Å². The topological polar surface area (TPSA) is 49.0 Å². The molecule has 3 heteroatoms. The first-order valence-corrected chi connectivity index (χ1v) is 4.79. The Bertz CT molecular complexity index is 310. The van der Waals surface area contributed by atoms with Gasteiger partial charge in [0.25, 0.3) is 5.91 Å². The summed E-state index contributed by atoms with van der Waals surface area (Å²) in [5.74, 6) is -0.302. The van der Waals surface area contributed by atoms with Gasteiger partial charge in [0.1, 0.15) is 0 Å². The Balaban J connectivity index is 2.52. The Morgan fingerprint density at radius 3 is 2.86 bits per heavy atom. The van der Waals surface area contributed by atoms with Gasteiger partial charge in [0.05, 0.1) is 0 Å². The normalized spacial score (nSPS) is 9.79. The van der Waals surface area contributed by atoms with E-state index < -0.39 is 0 Å². The minimum absolute atomic E-state index is 0.131. The van der Waals surface area contributed by atoms with Crippen LogP contribution in [0.15, 0.2) is 24.3 Å². The van der Waals surface area contributed by atoms with Crippen LogP contribution in [-0.2, 0) is 5.11 Å². The molecule has 0 aliphatic rings. The third kappa shape index (κ3) is 3.09. The fourth-order valence-electron chi connectivity index (χ4n) is 1.12. The second-order valence-corrected chi connectivity index (χ2v) is 3.14. The van der Waals surface area contributed by atoms with E-state index in [1.807, 2.05) is 0 Å². The van der Waals surface area contributed by atoms with Crippen molar-refractivity contribution in [2.75, 3.05) is 6.54 Å². The number of rotatable bonds is 4. The Labute approximate surface area is 83.8 Å². The first kappa shape index (κ1) is 10.6. The third-order valence-electron chi connectivity index (χ3n) is 1.91. The van der Waals surface area contributed by atoms with Crippen molar-refractivity contribution in [3.63, 3.8) is 0 Å². The average molecular weight is 192 g/mol. The maximum atomic E-state index is 11.4. The van der Waals surface area contributed by atoms with Gasteiger partial charge in [-0.25, -0.2) is 0 Å². The highest BCUT2D eigenvalue weighted by molar-refractivity contribution is 5.94. The van der Waals surface area contributed by atoms with Crippen LogP contribution >= 0.6 is 0 Å². The molecule has 0 bridgehead atoms. The van der Waals surface area contributed by atoms with Crippen LogP contribution in [0.4, 0.5) is 0 Å². The monoisotopic (exact) mass is 192 g/mol. The van der Waals surface area contributed by atoms with Gasteiger partial charge < -0.3 is 5.32 Å². The maximum Gasteiger partial charge on any atom is 0.251 e. The summed E-state index contributed by atoms with van der Waals surface area (Å²) in [7, 11) is 0. The molecule has 1 aromatic rings. The van der Waals surface area contributed by atoms with Gasteiger partial charge in [-0.05, 0) is 24.6 Å². The molecule has 0 aliphatic heterocycles. The molecule has 0 atom stereocenters. The molecular formula is C11H14NO2. The molecule has 0 aliphatic carbocycles. The molecule has 0 fully saturated rings. The average Bonchev–Trinajstić information content (AvgIpc) is 2.18. The Morgan fingerprint density at radius 1 is 1.43 bits per heavy atom. The van der Waals surface area contributed by atoms with Crippen LogP contribution in [0.3, 0.4) is 0 Å². The molecule has 0 saturated carbocycles. The molecule has 0 heterocycles. The summed E-state index contributed by atoms with van der Waals surface area (Å²) in [5, 5.41) is 13.7. The first-order valence-electron chi connectivity index (χ1n) is 4.79. The summed E-state index contributed by atoms with van der Waals surface area (Å²) in [4.78, 5) is 11.4. The Kier molecular flexibility index (Phi) is 3.98. The van der Waals surface area contributed by atoms with Crippen LogP contribution < -0.4 is 5.32 Å². The summed E-state index contributed by atoms with van der Waals surface area (Å²) < 4.78 is 0. The van der Waals surface area contributed by atoms with E-state index >= 15 is 0 Å². The highest BCUT2D eigenvalue weighted by Gasteiger charge is 2.04. The van der Waals surface area contributed by atoms with Crippen LogP contribution in [0, 0.1) is 0 Å². The maximum absolute atomic E-state index is 11.4. The summed E-state index contributed by atoms with van der Waals surface area (Å²) in [6.45, 7) is 2.73. The lowest BCUT2D eigenvalue weighted by atomic mass is 10.2. The third-order valence-corrected chi connectivity index (χ3v) is 1.91. The minimum atomic E-state index is -0.170. The van der Waals surface area contributed by atoms with Crippen molar-refractivity contribution in [3.8, 4) is 5.75 Å². The van der Waals surface area contributed by atoms with Gasteiger partial charge in [0, 0.05) is 12.1 Å². The van der Waals surface area contributed by atoms with Gasteiger partial charge >= 0.3 is 0 Å². The smallest absolute Gasteiger partial charge is 0.251 e.